The fourth-order valence-electron chi connectivity index (χ4n) is 1.81. The van der Waals surface area contributed by atoms with Crippen molar-refractivity contribution < 1.29 is 4.79 Å². The van der Waals surface area contributed by atoms with Crippen LogP contribution in [0.2, 0.25) is 5.02 Å². The number of ketones is 1. The van der Waals surface area contributed by atoms with Gasteiger partial charge in [0.1, 0.15) is 0 Å². The minimum absolute atomic E-state index is 0.0865. The molecule has 0 aliphatic carbocycles. The Labute approximate surface area is 122 Å². The first kappa shape index (κ1) is 14.0. The molecule has 0 aliphatic heterocycles. The molecule has 0 spiro atoms. The van der Waals surface area contributed by atoms with Crippen LogP contribution in [0.5, 0.6) is 0 Å². The summed E-state index contributed by atoms with van der Waals surface area (Å²) in [6.45, 7) is 2.05. The Balaban J connectivity index is 2.49. The van der Waals surface area contributed by atoms with E-state index < -0.39 is 0 Å². The van der Waals surface area contributed by atoms with E-state index in [1.54, 1.807) is 42.1 Å². The van der Waals surface area contributed by atoms with Crippen molar-refractivity contribution in [2.45, 2.75) is 11.8 Å². The summed E-state index contributed by atoms with van der Waals surface area (Å²) in [5.74, 6) is 0.808. The summed E-state index contributed by atoms with van der Waals surface area (Å²) >= 11 is 7.61. The minimum atomic E-state index is -0.0865. The molecule has 0 amide bonds. The third-order valence-corrected chi connectivity index (χ3v) is 3.88. The van der Waals surface area contributed by atoms with Crippen molar-refractivity contribution in [3.05, 3.63) is 58.6 Å². The minimum Gasteiger partial charge on any atom is -0.398 e. The van der Waals surface area contributed by atoms with Crippen LogP contribution in [-0.4, -0.2) is 11.5 Å². The molecule has 0 saturated carbocycles. The first-order valence-corrected chi connectivity index (χ1v) is 7.31. The van der Waals surface area contributed by atoms with E-state index in [0.29, 0.717) is 21.8 Å². The average molecular weight is 292 g/mol. The Bertz CT molecular complexity index is 613. The summed E-state index contributed by atoms with van der Waals surface area (Å²) in [4.78, 5) is 13.5. The largest absolute Gasteiger partial charge is 0.398 e. The van der Waals surface area contributed by atoms with Gasteiger partial charge in [-0.3, -0.25) is 4.79 Å². The summed E-state index contributed by atoms with van der Waals surface area (Å²) in [6, 6.07) is 12.5. The predicted octanol–water partition coefficient (Wildman–Crippen LogP) is 4.27. The molecule has 2 aromatic carbocycles. The number of benzene rings is 2. The normalized spacial score (nSPS) is 10.4. The van der Waals surface area contributed by atoms with E-state index in [2.05, 4.69) is 0 Å². The van der Waals surface area contributed by atoms with Gasteiger partial charge >= 0.3 is 0 Å². The van der Waals surface area contributed by atoms with Crippen LogP contribution in [0, 0.1) is 0 Å². The molecular formula is C15H14ClNOS. The van der Waals surface area contributed by atoms with Crippen molar-refractivity contribution in [2.75, 3.05) is 11.5 Å². The second kappa shape index (κ2) is 6.13. The zero-order chi connectivity index (χ0) is 13.8. The fraction of sp³-hybridized carbons (Fsp3) is 0.133. The number of hydrogen-bond donors (Lipinski definition) is 1. The summed E-state index contributed by atoms with van der Waals surface area (Å²) in [6.07, 6.45) is 0. The van der Waals surface area contributed by atoms with Crippen molar-refractivity contribution in [3.8, 4) is 0 Å². The number of nitrogens with two attached hydrogens (primary N) is 1. The highest BCUT2D eigenvalue weighted by Gasteiger charge is 2.16. The van der Waals surface area contributed by atoms with Crippen molar-refractivity contribution in [1.29, 1.82) is 0 Å². The second-order valence-electron chi connectivity index (χ2n) is 3.99. The number of anilines is 1. The van der Waals surface area contributed by atoms with Crippen LogP contribution >= 0.6 is 23.4 Å². The van der Waals surface area contributed by atoms with Gasteiger partial charge in [-0.2, -0.15) is 0 Å². The molecule has 4 heteroatoms. The molecule has 2 aromatic rings. The molecule has 0 saturated heterocycles. The zero-order valence-electron chi connectivity index (χ0n) is 10.5. The van der Waals surface area contributed by atoms with Crippen LogP contribution in [0.25, 0.3) is 0 Å². The van der Waals surface area contributed by atoms with E-state index in [-0.39, 0.29) is 5.78 Å². The molecule has 2 nitrogen and oxygen atoms in total. The maximum absolute atomic E-state index is 12.6. The van der Waals surface area contributed by atoms with E-state index in [4.69, 9.17) is 17.3 Å². The number of halogens is 1. The van der Waals surface area contributed by atoms with Crippen LogP contribution in [0.4, 0.5) is 5.69 Å². The molecule has 98 valence electrons. The quantitative estimate of drug-likeness (QED) is 0.520. The summed E-state index contributed by atoms with van der Waals surface area (Å²) in [5, 5.41) is 0.554. The molecule has 0 fully saturated rings. The average Bonchev–Trinajstić information content (AvgIpc) is 2.41. The van der Waals surface area contributed by atoms with E-state index >= 15 is 0 Å². The van der Waals surface area contributed by atoms with Crippen LogP contribution in [-0.2, 0) is 0 Å². The van der Waals surface area contributed by atoms with Gasteiger partial charge in [0.15, 0.2) is 5.78 Å². The second-order valence-corrected chi connectivity index (χ2v) is 5.73. The number of nitrogen functional groups attached to an aromatic ring is 1. The number of hydrogen-bond acceptors (Lipinski definition) is 3. The molecule has 0 radical (unpaired) electrons. The van der Waals surface area contributed by atoms with Gasteiger partial charge in [0, 0.05) is 26.7 Å². The molecule has 0 atom stereocenters. The third kappa shape index (κ3) is 3.11. The number of para-hydroxylation sites is 1. The number of thioether (sulfide) groups is 1. The third-order valence-electron chi connectivity index (χ3n) is 2.69. The smallest absolute Gasteiger partial charge is 0.196 e. The van der Waals surface area contributed by atoms with Crippen LogP contribution in [0.1, 0.15) is 22.8 Å². The molecule has 2 rings (SSSR count). The number of rotatable bonds is 4. The van der Waals surface area contributed by atoms with Gasteiger partial charge in [0.25, 0.3) is 0 Å². The zero-order valence-corrected chi connectivity index (χ0v) is 12.1. The standard InChI is InChI=1S/C15H14ClNOS/c1-2-19-14-8-7-10(16)9-12(14)15(18)11-5-3-4-6-13(11)17/h3-9H,2,17H2,1H3. The number of carbonyl (C=O) groups is 1. The maximum atomic E-state index is 12.6. The lowest BCUT2D eigenvalue weighted by atomic mass is 10.0. The first-order valence-electron chi connectivity index (χ1n) is 5.95. The number of carbonyl (C=O) groups excluding carboxylic acids is 1. The molecular weight excluding hydrogens is 278 g/mol. The SMILES string of the molecule is CCSc1ccc(Cl)cc1C(=O)c1ccccc1N. The highest BCUT2D eigenvalue weighted by atomic mass is 35.5. The Morgan fingerprint density at radius 3 is 2.63 bits per heavy atom. The predicted molar refractivity (Wildman–Crippen MR) is 82.1 cm³/mol. The Hall–Kier alpha value is -1.45. The van der Waals surface area contributed by atoms with Gasteiger partial charge in [0.05, 0.1) is 0 Å². The van der Waals surface area contributed by atoms with E-state index in [1.165, 1.54) is 0 Å². The van der Waals surface area contributed by atoms with E-state index in [9.17, 15) is 4.79 Å². The molecule has 0 unspecified atom stereocenters. The molecule has 19 heavy (non-hydrogen) atoms. The summed E-state index contributed by atoms with van der Waals surface area (Å²) in [5.41, 5.74) is 7.47. The Morgan fingerprint density at radius 1 is 1.21 bits per heavy atom. The van der Waals surface area contributed by atoms with E-state index in [0.717, 1.165) is 10.6 Å². The molecule has 0 aliphatic rings. The highest BCUT2D eigenvalue weighted by molar-refractivity contribution is 7.99. The highest BCUT2D eigenvalue weighted by Crippen LogP contribution is 2.28. The fourth-order valence-corrected chi connectivity index (χ4v) is 2.76. The lowest BCUT2D eigenvalue weighted by molar-refractivity contribution is 0.103. The van der Waals surface area contributed by atoms with Gasteiger partial charge < -0.3 is 5.73 Å². The lowest BCUT2D eigenvalue weighted by Gasteiger charge is -2.09. The van der Waals surface area contributed by atoms with Gasteiger partial charge in [0.2, 0.25) is 0 Å². The Kier molecular flexibility index (Phi) is 4.51. The molecule has 0 bridgehead atoms. The summed E-state index contributed by atoms with van der Waals surface area (Å²) < 4.78 is 0. The first-order chi connectivity index (χ1) is 9.13. The molecule has 0 aromatic heterocycles. The van der Waals surface area contributed by atoms with Crippen molar-refractivity contribution in [3.63, 3.8) is 0 Å². The van der Waals surface area contributed by atoms with Crippen molar-refractivity contribution in [1.82, 2.24) is 0 Å². The van der Waals surface area contributed by atoms with E-state index in [1.807, 2.05) is 19.1 Å². The summed E-state index contributed by atoms with van der Waals surface area (Å²) in [7, 11) is 0. The monoisotopic (exact) mass is 291 g/mol. The Morgan fingerprint density at radius 2 is 1.95 bits per heavy atom. The van der Waals surface area contributed by atoms with Gasteiger partial charge in [-0.1, -0.05) is 30.7 Å². The van der Waals surface area contributed by atoms with Gasteiger partial charge in [-0.05, 0) is 36.1 Å². The molecule has 2 N–H and O–H groups in total. The van der Waals surface area contributed by atoms with Crippen molar-refractivity contribution in [2.24, 2.45) is 0 Å². The van der Waals surface area contributed by atoms with Crippen LogP contribution in [0.3, 0.4) is 0 Å². The topological polar surface area (TPSA) is 43.1 Å². The van der Waals surface area contributed by atoms with Crippen molar-refractivity contribution >= 4 is 34.8 Å². The van der Waals surface area contributed by atoms with Gasteiger partial charge in [-0.25, -0.2) is 0 Å². The lowest BCUT2D eigenvalue weighted by Crippen LogP contribution is -2.06. The van der Waals surface area contributed by atoms with Gasteiger partial charge in [-0.15, -0.1) is 11.8 Å². The molecule has 0 heterocycles. The maximum Gasteiger partial charge on any atom is 0.196 e. The van der Waals surface area contributed by atoms with Crippen LogP contribution in [0.15, 0.2) is 47.4 Å². The van der Waals surface area contributed by atoms with Crippen LogP contribution < -0.4 is 5.73 Å².